The van der Waals surface area contributed by atoms with E-state index in [1.54, 1.807) is 24.3 Å². The van der Waals surface area contributed by atoms with Crippen LogP contribution in [0.4, 0.5) is 18.9 Å². The van der Waals surface area contributed by atoms with E-state index < -0.39 is 23.6 Å². The number of ether oxygens (including phenoxy) is 1. The van der Waals surface area contributed by atoms with Gasteiger partial charge in [-0.15, -0.1) is 0 Å². The summed E-state index contributed by atoms with van der Waals surface area (Å²) in [6.45, 7) is 0.371. The summed E-state index contributed by atoms with van der Waals surface area (Å²) in [7, 11) is 0. The molecule has 2 N–H and O–H groups in total. The first kappa shape index (κ1) is 23.8. The van der Waals surface area contributed by atoms with Crippen LogP contribution in [0.15, 0.2) is 77.9 Å². The molecule has 3 aromatic carbocycles. The first-order valence-electron chi connectivity index (χ1n) is 9.50. The molecule has 0 atom stereocenters. The molecular weight excluding hydrogens is 459 g/mol. The number of hydrogen-bond donors (Lipinski definition) is 2. The van der Waals surface area contributed by atoms with Gasteiger partial charge in [0.05, 0.1) is 22.5 Å². The quantitative estimate of drug-likeness (QED) is 0.298. The zero-order valence-electron chi connectivity index (χ0n) is 16.9. The van der Waals surface area contributed by atoms with E-state index in [1.807, 2.05) is 41.1 Å². The normalized spacial score (nSPS) is 11.3. The van der Waals surface area contributed by atoms with Gasteiger partial charge in [0.15, 0.2) is 0 Å². The maximum absolute atomic E-state index is 12.8. The highest BCUT2D eigenvalue weighted by Crippen LogP contribution is 2.33. The average Bonchev–Trinajstić information content (AvgIpc) is 2.79. The van der Waals surface area contributed by atoms with Crippen molar-refractivity contribution in [3.05, 3.63) is 94.5 Å². The molecule has 2 amide bonds. The van der Waals surface area contributed by atoms with Crippen LogP contribution < -0.4 is 15.5 Å². The van der Waals surface area contributed by atoms with Gasteiger partial charge < -0.3 is 10.1 Å². The number of halogens is 4. The number of rotatable bonds is 6. The molecule has 10 heteroatoms. The lowest BCUT2D eigenvalue weighted by atomic mass is 10.2. The summed E-state index contributed by atoms with van der Waals surface area (Å²) in [4.78, 5) is 23.9. The summed E-state index contributed by atoms with van der Waals surface area (Å²) < 4.78 is 44.2. The van der Waals surface area contributed by atoms with Crippen molar-refractivity contribution in [2.24, 2.45) is 5.10 Å². The summed E-state index contributed by atoms with van der Waals surface area (Å²) >= 11 is 5.80. The van der Waals surface area contributed by atoms with Gasteiger partial charge in [-0.05, 0) is 41.5 Å². The summed E-state index contributed by atoms with van der Waals surface area (Å²) in [5.41, 5.74) is 2.22. The largest absolute Gasteiger partial charge is 0.489 e. The third-order valence-electron chi connectivity index (χ3n) is 4.23. The maximum atomic E-state index is 12.8. The van der Waals surface area contributed by atoms with Gasteiger partial charge in [-0.1, -0.05) is 54.1 Å². The van der Waals surface area contributed by atoms with Gasteiger partial charge in [-0.3, -0.25) is 9.59 Å². The lowest BCUT2D eigenvalue weighted by molar-refractivity contribution is -0.137. The zero-order valence-corrected chi connectivity index (χ0v) is 17.7. The van der Waals surface area contributed by atoms with Gasteiger partial charge in [-0.2, -0.15) is 18.3 Å². The molecule has 0 spiro atoms. The highest BCUT2D eigenvalue weighted by molar-refractivity contribution is 6.41. The fraction of sp³-hybridized carbons (Fsp3) is 0.0870. The number of nitrogens with one attached hydrogen (secondary N) is 2. The van der Waals surface area contributed by atoms with Crippen molar-refractivity contribution in [3.8, 4) is 5.75 Å². The van der Waals surface area contributed by atoms with Crippen molar-refractivity contribution in [1.29, 1.82) is 0 Å². The molecule has 6 nitrogen and oxygen atoms in total. The van der Waals surface area contributed by atoms with Crippen LogP contribution in [0.2, 0.25) is 5.02 Å². The molecule has 0 aliphatic rings. The predicted molar refractivity (Wildman–Crippen MR) is 118 cm³/mol. The fourth-order valence-electron chi connectivity index (χ4n) is 2.62. The lowest BCUT2D eigenvalue weighted by Gasteiger charge is -2.11. The second-order valence-electron chi connectivity index (χ2n) is 6.69. The van der Waals surface area contributed by atoms with Crippen molar-refractivity contribution in [3.63, 3.8) is 0 Å². The van der Waals surface area contributed by atoms with E-state index in [2.05, 4.69) is 5.10 Å². The molecular formula is C23H17ClF3N3O3. The van der Waals surface area contributed by atoms with Crippen molar-refractivity contribution in [1.82, 2.24) is 5.43 Å². The topological polar surface area (TPSA) is 79.8 Å². The van der Waals surface area contributed by atoms with Gasteiger partial charge in [0.25, 0.3) is 0 Å². The Kier molecular flexibility index (Phi) is 7.68. The average molecular weight is 476 g/mol. The molecule has 3 rings (SSSR count). The number of amides is 2. The Labute approximate surface area is 192 Å². The Hall–Kier alpha value is -3.85. The van der Waals surface area contributed by atoms with Gasteiger partial charge in [0.1, 0.15) is 12.4 Å². The van der Waals surface area contributed by atoms with Crippen molar-refractivity contribution in [2.45, 2.75) is 12.8 Å². The van der Waals surface area contributed by atoms with Crippen LogP contribution >= 0.6 is 11.6 Å². The highest BCUT2D eigenvalue weighted by Gasteiger charge is 2.31. The molecule has 0 aliphatic heterocycles. The van der Waals surface area contributed by atoms with E-state index in [4.69, 9.17) is 16.3 Å². The summed E-state index contributed by atoms with van der Waals surface area (Å²) in [5.74, 6) is -1.84. The molecule has 0 aromatic heterocycles. The number of alkyl halides is 3. The highest BCUT2D eigenvalue weighted by atomic mass is 35.5. The Morgan fingerprint density at radius 2 is 1.73 bits per heavy atom. The minimum atomic E-state index is -4.63. The number of anilines is 1. The molecule has 170 valence electrons. The van der Waals surface area contributed by atoms with Gasteiger partial charge >= 0.3 is 18.0 Å². The molecule has 0 aliphatic carbocycles. The molecule has 0 radical (unpaired) electrons. The van der Waals surface area contributed by atoms with E-state index in [0.29, 0.717) is 24.0 Å². The number of carbonyl (C=O) groups excluding carboxylic acids is 2. The van der Waals surface area contributed by atoms with Crippen LogP contribution in [0.5, 0.6) is 5.75 Å². The van der Waals surface area contributed by atoms with Crippen LogP contribution in [-0.2, 0) is 22.4 Å². The van der Waals surface area contributed by atoms with E-state index in [0.717, 1.165) is 17.7 Å². The first-order chi connectivity index (χ1) is 15.7. The van der Waals surface area contributed by atoms with E-state index >= 15 is 0 Å². The molecule has 0 fully saturated rings. The Balaban J connectivity index is 1.56. The van der Waals surface area contributed by atoms with Crippen LogP contribution in [-0.4, -0.2) is 18.0 Å². The third kappa shape index (κ3) is 7.08. The SMILES string of the molecule is O=C(NN=Cc1cccc(OCc2ccccc2)c1)C(=O)Nc1cc(C(F)(F)F)ccc1Cl. The third-order valence-corrected chi connectivity index (χ3v) is 4.56. The second-order valence-corrected chi connectivity index (χ2v) is 7.10. The zero-order chi connectivity index (χ0) is 23.8. The molecule has 0 unspecified atom stereocenters. The smallest absolute Gasteiger partial charge is 0.416 e. The number of benzene rings is 3. The minimum absolute atomic E-state index is 0.153. The van der Waals surface area contributed by atoms with Crippen molar-refractivity contribution >= 4 is 35.3 Å². The number of hydrogen-bond acceptors (Lipinski definition) is 4. The van der Waals surface area contributed by atoms with Crippen LogP contribution in [0.1, 0.15) is 16.7 Å². The minimum Gasteiger partial charge on any atom is -0.489 e. The molecule has 0 bridgehead atoms. The summed E-state index contributed by atoms with van der Waals surface area (Å²) in [6.07, 6.45) is -3.34. The van der Waals surface area contributed by atoms with Crippen molar-refractivity contribution in [2.75, 3.05) is 5.32 Å². The van der Waals surface area contributed by atoms with Crippen LogP contribution in [0, 0.1) is 0 Å². The van der Waals surface area contributed by atoms with Gasteiger partial charge in [0.2, 0.25) is 0 Å². The second kappa shape index (κ2) is 10.6. The summed E-state index contributed by atoms with van der Waals surface area (Å²) in [6, 6.07) is 18.8. The Morgan fingerprint density at radius 3 is 2.45 bits per heavy atom. The monoisotopic (exact) mass is 475 g/mol. The van der Waals surface area contributed by atoms with Gasteiger partial charge in [0, 0.05) is 0 Å². The molecule has 0 saturated heterocycles. The summed E-state index contributed by atoms with van der Waals surface area (Å²) in [5, 5.41) is 5.57. The molecule has 3 aromatic rings. The molecule has 33 heavy (non-hydrogen) atoms. The predicted octanol–water partition coefficient (Wildman–Crippen LogP) is 5.03. The van der Waals surface area contributed by atoms with E-state index in [9.17, 15) is 22.8 Å². The van der Waals surface area contributed by atoms with Crippen LogP contribution in [0.3, 0.4) is 0 Å². The van der Waals surface area contributed by atoms with E-state index in [-0.39, 0.29) is 10.7 Å². The number of carbonyl (C=O) groups is 2. The Bertz CT molecular complexity index is 1170. The van der Waals surface area contributed by atoms with Gasteiger partial charge in [-0.25, -0.2) is 5.43 Å². The van der Waals surface area contributed by atoms with Crippen LogP contribution in [0.25, 0.3) is 0 Å². The first-order valence-corrected chi connectivity index (χ1v) is 9.88. The Morgan fingerprint density at radius 1 is 0.970 bits per heavy atom. The molecule has 0 heterocycles. The fourth-order valence-corrected chi connectivity index (χ4v) is 2.78. The number of hydrazone groups is 1. The van der Waals surface area contributed by atoms with Crippen molar-refractivity contribution < 1.29 is 27.5 Å². The standard InChI is InChI=1S/C23H17ClF3N3O3/c24-19-10-9-17(23(25,26)27)12-20(19)29-21(31)22(32)30-28-13-16-7-4-8-18(11-16)33-14-15-5-2-1-3-6-15/h1-13H,14H2,(H,29,31)(H,30,32). The maximum Gasteiger partial charge on any atom is 0.416 e. The molecule has 0 saturated carbocycles. The number of nitrogens with zero attached hydrogens (tertiary/aromatic N) is 1. The van der Waals surface area contributed by atoms with E-state index in [1.165, 1.54) is 6.21 Å². The lowest BCUT2D eigenvalue weighted by Crippen LogP contribution is -2.32.